The van der Waals surface area contributed by atoms with Crippen molar-refractivity contribution in [2.45, 2.75) is 26.8 Å². The molecule has 1 N–H and O–H groups in total. The van der Waals surface area contributed by atoms with Crippen LogP contribution in [0.3, 0.4) is 0 Å². The number of nitrogens with zero attached hydrogens (tertiary/aromatic N) is 1. The van der Waals surface area contributed by atoms with Gasteiger partial charge < -0.3 is 14.6 Å². The number of fused-ring (bicyclic) bond motifs is 1. The topological polar surface area (TPSA) is 26.2 Å². The maximum Gasteiger partial charge on any atom is 0.0482 e. The van der Waals surface area contributed by atoms with Crippen LogP contribution in [0.15, 0.2) is 30.3 Å². The lowest BCUT2D eigenvalue weighted by molar-refractivity contribution is 0.145. The first-order valence-corrected chi connectivity index (χ1v) is 7.16. The number of benzene rings is 1. The van der Waals surface area contributed by atoms with Crippen molar-refractivity contribution >= 4 is 10.9 Å². The van der Waals surface area contributed by atoms with Crippen molar-refractivity contribution in [2.24, 2.45) is 0 Å². The number of para-hydroxylation sites is 1. The van der Waals surface area contributed by atoms with Crippen molar-refractivity contribution in [3.8, 4) is 0 Å². The van der Waals surface area contributed by atoms with Crippen LogP contribution in [0.4, 0.5) is 0 Å². The smallest absolute Gasteiger partial charge is 0.0482 e. The first-order valence-electron chi connectivity index (χ1n) is 7.16. The third kappa shape index (κ3) is 3.82. The molecule has 0 saturated heterocycles. The molecule has 0 saturated carbocycles. The lowest BCUT2D eigenvalue weighted by Crippen LogP contribution is -2.22. The number of nitrogens with one attached hydrogen (secondary N) is 1. The molecular weight excluding hydrogens is 236 g/mol. The van der Waals surface area contributed by atoms with E-state index in [1.807, 2.05) is 6.92 Å². The van der Waals surface area contributed by atoms with E-state index in [2.05, 4.69) is 47.1 Å². The van der Waals surface area contributed by atoms with Crippen molar-refractivity contribution in [1.82, 2.24) is 9.88 Å². The lowest BCUT2D eigenvalue weighted by Gasteiger charge is -2.09. The largest absolute Gasteiger partial charge is 0.382 e. The zero-order valence-corrected chi connectivity index (χ0v) is 12.0. The molecule has 1 heterocycles. The fourth-order valence-electron chi connectivity index (χ4n) is 2.40. The first-order chi connectivity index (χ1) is 9.33. The monoisotopic (exact) mass is 260 g/mol. The standard InChI is InChI=1S/C16H24N2O/c1-3-19-12-6-9-17-10-11-18-14(2)13-15-7-4-5-8-16(15)18/h4-5,7-8,13,17H,3,6,9-12H2,1-2H3. The Bertz CT molecular complexity index is 504. The summed E-state index contributed by atoms with van der Waals surface area (Å²) in [6, 6.07) is 10.8. The van der Waals surface area contributed by atoms with Gasteiger partial charge in [-0.05, 0) is 44.3 Å². The molecule has 0 amide bonds. The van der Waals surface area contributed by atoms with Crippen LogP contribution >= 0.6 is 0 Å². The second-order valence-corrected chi connectivity index (χ2v) is 4.80. The summed E-state index contributed by atoms with van der Waals surface area (Å²) in [4.78, 5) is 0. The van der Waals surface area contributed by atoms with Crippen LogP contribution < -0.4 is 5.32 Å². The van der Waals surface area contributed by atoms with Gasteiger partial charge in [-0.25, -0.2) is 0 Å². The summed E-state index contributed by atoms with van der Waals surface area (Å²) in [6.45, 7) is 8.93. The van der Waals surface area contributed by atoms with Gasteiger partial charge in [0.2, 0.25) is 0 Å². The van der Waals surface area contributed by atoms with Gasteiger partial charge in [0.1, 0.15) is 0 Å². The SMILES string of the molecule is CCOCCCNCCn1c(C)cc2ccccc21. The zero-order chi connectivity index (χ0) is 13.5. The van der Waals surface area contributed by atoms with E-state index in [1.165, 1.54) is 16.6 Å². The highest BCUT2D eigenvalue weighted by atomic mass is 16.5. The van der Waals surface area contributed by atoms with E-state index in [-0.39, 0.29) is 0 Å². The lowest BCUT2D eigenvalue weighted by atomic mass is 10.2. The normalized spacial score (nSPS) is 11.3. The Morgan fingerprint density at radius 3 is 2.89 bits per heavy atom. The van der Waals surface area contributed by atoms with Gasteiger partial charge in [-0.15, -0.1) is 0 Å². The fourth-order valence-corrected chi connectivity index (χ4v) is 2.40. The molecule has 2 rings (SSSR count). The summed E-state index contributed by atoms with van der Waals surface area (Å²) in [6.07, 6.45) is 1.08. The number of rotatable bonds is 8. The Balaban J connectivity index is 1.80. The van der Waals surface area contributed by atoms with E-state index in [9.17, 15) is 0 Å². The summed E-state index contributed by atoms with van der Waals surface area (Å²) in [5.74, 6) is 0. The van der Waals surface area contributed by atoms with Gasteiger partial charge in [0, 0.05) is 37.5 Å². The quantitative estimate of drug-likeness (QED) is 0.739. The Morgan fingerprint density at radius 2 is 2.05 bits per heavy atom. The van der Waals surface area contributed by atoms with E-state index in [0.717, 1.165) is 39.3 Å². The second-order valence-electron chi connectivity index (χ2n) is 4.80. The van der Waals surface area contributed by atoms with Crippen LogP contribution in [-0.4, -0.2) is 30.9 Å². The molecule has 0 fully saturated rings. The number of ether oxygens (including phenoxy) is 1. The molecule has 0 bridgehead atoms. The molecule has 19 heavy (non-hydrogen) atoms. The molecule has 3 heteroatoms. The van der Waals surface area contributed by atoms with Gasteiger partial charge in [-0.3, -0.25) is 0 Å². The van der Waals surface area contributed by atoms with Gasteiger partial charge in [-0.1, -0.05) is 18.2 Å². The Morgan fingerprint density at radius 1 is 1.21 bits per heavy atom. The van der Waals surface area contributed by atoms with Crippen molar-refractivity contribution in [3.05, 3.63) is 36.0 Å². The van der Waals surface area contributed by atoms with E-state index < -0.39 is 0 Å². The third-order valence-electron chi connectivity index (χ3n) is 3.38. The zero-order valence-electron chi connectivity index (χ0n) is 12.0. The summed E-state index contributed by atoms with van der Waals surface area (Å²) >= 11 is 0. The highest BCUT2D eigenvalue weighted by Gasteiger charge is 2.03. The Kier molecular flexibility index (Phi) is 5.43. The molecule has 0 radical (unpaired) electrons. The van der Waals surface area contributed by atoms with E-state index in [1.54, 1.807) is 0 Å². The van der Waals surface area contributed by atoms with E-state index in [4.69, 9.17) is 4.74 Å². The maximum absolute atomic E-state index is 5.32. The van der Waals surface area contributed by atoms with Crippen LogP contribution in [0.1, 0.15) is 19.0 Å². The number of hydrogen-bond acceptors (Lipinski definition) is 2. The van der Waals surface area contributed by atoms with Gasteiger partial charge >= 0.3 is 0 Å². The summed E-state index contributed by atoms with van der Waals surface area (Å²) in [5.41, 5.74) is 2.66. The second kappa shape index (κ2) is 7.31. The van der Waals surface area contributed by atoms with Gasteiger partial charge in [-0.2, -0.15) is 0 Å². The fraction of sp³-hybridized carbons (Fsp3) is 0.500. The molecule has 0 unspecified atom stereocenters. The molecule has 0 spiro atoms. The predicted octanol–water partition coefficient (Wildman–Crippen LogP) is 2.97. The predicted molar refractivity (Wildman–Crippen MR) is 80.7 cm³/mol. The highest BCUT2D eigenvalue weighted by Crippen LogP contribution is 2.18. The van der Waals surface area contributed by atoms with Crippen LogP contribution in [0.2, 0.25) is 0 Å². The minimum atomic E-state index is 0.814. The van der Waals surface area contributed by atoms with Gasteiger partial charge in [0.05, 0.1) is 0 Å². The summed E-state index contributed by atoms with van der Waals surface area (Å²) in [7, 11) is 0. The van der Waals surface area contributed by atoms with Crippen molar-refractivity contribution in [2.75, 3.05) is 26.3 Å². The van der Waals surface area contributed by atoms with Crippen LogP contribution in [0.25, 0.3) is 10.9 Å². The number of hydrogen-bond donors (Lipinski definition) is 1. The number of aryl methyl sites for hydroxylation is 1. The minimum absolute atomic E-state index is 0.814. The molecule has 0 aliphatic heterocycles. The molecular formula is C16H24N2O. The van der Waals surface area contributed by atoms with Crippen molar-refractivity contribution < 1.29 is 4.74 Å². The molecule has 3 nitrogen and oxygen atoms in total. The average molecular weight is 260 g/mol. The van der Waals surface area contributed by atoms with Crippen LogP contribution in [0, 0.1) is 6.92 Å². The average Bonchev–Trinajstić information content (AvgIpc) is 2.74. The molecule has 2 aromatic rings. The molecule has 0 aliphatic carbocycles. The van der Waals surface area contributed by atoms with E-state index >= 15 is 0 Å². The molecule has 1 aromatic carbocycles. The summed E-state index contributed by atoms with van der Waals surface area (Å²) < 4.78 is 7.70. The van der Waals surface area contributed by atoms with Crippen LogP contribution in [-0.2, 0) is 11.3 Å². The Hall–Kier alpha value is -1.32. The highest BCUT2D eigenvalue weighted by molar-refractivity contribution is 5.81. The van der Waals surface area contributed by atoms with Crippen molar-refractivity contribution in [3.63, 3.8) is 0 Å². The molecule has 0 atom stereocenters. The molecule has 104 valence electrons. The van der Waals surface area contributed by atoms with Gasteiger partial charge in [0.25, 0.3) is 0 Å². The van der Waals surface area contributed by atoms with Crippen molar-refractivity contribution in [1.29, 1.82) is 0 Å². The summed E-state index contributed by atoms with van der Waals surface area (Å²) in [5, 5.41) is 4.80. The number of aromatic nitrogens is 1. The van der Waals surface area contributed by atoms with Crippen LogP contribution in [0.5, 0.6) is 0 Å². The van der Waals surface area contributed by atoms with Gasteiger partial charge in [0.15, 0.2) is 0 Å². The minimum Gasteiger partial charge on any atom is -0.382 e. The van der Waals surface area contributed by atoms with E-state index in [0.29, 0.717) is 0 Å². The molecule has 0 aliphatic rings. The first kappa shape index (κ1) is 14.1. The maximum atomic E-state index is 5.32. The molecule has 1 aromatic heterocycles. The third-order valence-corrected chi connectivity index (χ3v) is 3.38. The Labute approximate surface area is 115 Å².